The molecule has 0 aromatic heterocycles. The van der Waals surface area contributed by atoms with Gasteiger partial charge in [0.1, 0.15) is 18.2 Å². The Bertz CT molecular complexity index is 728. The highest BCUT2D eigenvalue weighted by atomic mass is 35.5. The zero-order valence-electron chi connectivity index (χ0n) is 11.4. The second-order valence-electron chi connectivity index (χ2n) is 4.73. The van der Waals surface area contributed by atoms with Gasteiger partial charge in [-0.2, -0.15) is 0 Å². The summed E-state index contributed by atoms with van der Waals surface area (Å²) in [5, 5.41) is -0.0433. The van der Waals surface area contributed by atoms with Gasteiger partial charge in [-0.1, -0.05) is 23.7 Å². The smallest absolute Gasteiger partial charge is 0.261 e. The van der Waals surface area contributed by atoms with Gasteiger partial charge in [-0.25, -0.2) is 4.39 Å². The molecule has 1 heterocycles. The van der Waals surface area contributed by atoms with E-state index in [0.717, 1.165) is 4.90 Å². The van der Waals surface area contributed by atoms with E-state index in [9.17, 15) is 14.0 Å². The van der Waals surface area contributed by atoms with Gasteiger partial charge in [0.2, 0.25) is 0 Å². The summed E-state index contributed by atoms with van der Waals surface area (Å²) in [5.41, 5.74) is 0.801. The van der Waals surface area contributed by atoms with Crippen molar-refractivity contribution in [2.24, 2.45) is 0 Å². The van der Waals surface area contributed by atoms with Gasteiger partial charge in [0, 0.05) is 6.07 Å². The Hall–Kier alpha value is -2.40. The Labute approximate surface area is 131 Å². The molecule has 0 bridgehead atoms. The van der Waals surface area contributed by atoms with Crippen LogP contribution in [-0.2, 0) is 0 Å². The maximum atomic E-state index is 13.0. The normalized spacial score (nSPS) is 13.5. The number of carbonyl (C=O) groups excluding carboxylic acids is 2. The highest BCUT2D eigenvalue weighted by molar-refractivity contribution is 6.30. The number of nitrogens with zero attached hydrogens (tertiary/aromatic N) is 1. The first-order valence-electron chi connectivity index (χ1n) is 6.61. The zero-order valence-corrected chi connectivity index (χ0v) is 12.1. The molecular formula is C16H11ClFNO3. The lowest BCUT2D eigenvalue weighted by atomic mass is 10.1. The third-order valence-corrected chi connectivity index (χ3v) is 3.64. The average Bonchev–Trinajstić information content (AvgIpc) is 2.76. The molecule has 0 N–H and O–H groups in total. The number of carbonyl (C=O) groups is 2. The number of rotatable bonds is 4. The van der Waals surface area contributed by atoms with Crippen molar-refractivity contribution in [3.05, 3.63) is 64.4 Å². The summed E-state index contributed by atoms with van der Waals surface area (Å²) in [6.45, 7) is 0.217. The van der Waals surface area contributed by atoms with Crippen LogP contribution in [0.15, 0.2) is 42.5 Å². The Morgan fingerprint density at radius 2 is 1.68 bits per heavy atom. The number of halogens is 2. The number of hydrogen-bond donors (Lipinski definition) is 0. The van der Waals surface area contributed by atoms with Crippen LogP contribution in [0.1, 0.15) is 20.7 Å². The summed E-state index contributed by atoms with van der Waals surface area (Å²) in [7, 11) is 0. The molecule has 0 unspecified atom stereocenters. The molecule has 0 saturated heterocycles. The third-order valence-electron chi connectivity index (χ3n) is 3.35. The van der Waals surface area contributed by atoms with Crippen molar-refractivity contribution in [2.75, 3.05) is 13.2 Å². The first-order valence-corrected chi connectivity index (χ1v) is 6.99. The van der Waals surface area contributed by atoms with Crippen LogP contribution in [0, 0.1) is 5.82 Å². The van der Waals surface area contributed by atoms with Crippen molar-refractivity contribution in [2.45, 2.75) is 0 Å². The fourth-order valence-corrected chi connectivity index (χ4v) is 2.43. The number of ether oxygens (including phenoxy) is 1. The Morgan fingerprint density at radius 3 is 2.27 bits per heavy atom. The van der Waals surface area contributed by atoms with Crippen LogP contribution in [0.2, 0.25) is 5.02 Å². The molecule has 0 fully saturated rings. The summed E-state index contributed by atoms with van der Waals surface area (Å²) >= 11 is 5.65. The lowest BCUT2D eigenvalue weighted by Crippen LogP contribution is -2.33. The quantitative estimate of drug-likeness (QED) is 0.813. The van der Waals surface area contributed by atoms with Crippen LogP contribution in [-0.4, -0.2) is 29.9 Å². The Balaban J connectivity index is 1.64. The molecular weight excluding hydrogens is 309 g/mol. The van der Waals surface area contributed by atoms with Crippen LogP contribution >= 0.6 is 11.6 Å². The van der Waals surface area contributed by atoms with Gasteiger partial charge in [0.05, 0.1) is 22.7 Å². The predicted octanol–water partition coefficient (Wildman–Crippen LogP) is 3.15. The van der Waals surface area contributed by atoms with E-state index in [1.807, 2.05) is 0 Å². The summed E-state index contributed by atoms with van der Waals surface area (Å²) in [5.74, 6) is -0.819. The van der Waals surface area contributed by atoms with Gasteiger partial charge >= 0.3 is 0 Å². The van der Waals surface area contributed by atoms with Crippen LogP contribution in [0.4, 0.5) is 4.39 Å². The van der Waals surface area contributed by atoms with E-state index in [0.29, 0.717) is 16.9 Å². The number of hydrogen-bond acceptors (Lipinski definition) is 3. The lowest BCUT2D eigenvalue weighted by Gasteiger charge is -2.14. The molecule has 2 aromatic carbocycles. The van der Waals surface area contributed by atoms with Gasteiger partial charge < -0.3 is 4.74 Å². The molecule has 4 nitrogen and oxygen atoms in total. The van der Waals surface area contributed by atoms with E-state index in [4.69, 9.17) is 16.3 Å². The van der Waals surface area contributed by atoms with Gasteiger partial charge in [-0.05, 0) is 24.3 Å². The molecule has 6 heteroatoms. The van der Waals surface area contributed by atoms with E-state index in [1.54, 1.807) is 24.3 Å². The first kappa shape index (κ1) is 14.5. The molecule has 1 aliphatic rings. The van der Waals surface area contributed by atoms with E-state index >= 15 is 0 Å². The van der Waals surface area contributed by atoms with Crippen molar-refractivity contribution >= 4 is 23.4 Å². The number of amides is 2. The van der Waals surface area contributed by atoms with Crippen molar-refractivity contribution in [1.29, 1.82) is 0 Å². The highest BCUT2D eigenvalue weighted by Crippen LogP contribution is 2.23. The molecule has 0 spiro atoms. The minimum atomic E-state index is -0.533. The lowest BCUT2D eigenvalue weighted by molar-refractivity contribution is 0.0631. The molecule has 0 aliphatic carbocycles. The van der Waals surface area contributed by atoms with Gasteiger partial charge in [0.15, 0.2) is 0 Å². The average molecular weight is 320 g/mol. The van der Waals surface area contributed by atoms with Gasteiger partial charge in [-0.15, -0.1) is 0 Å². The fraction of sp³-hybridized carbons (Fsp3) is 0.125. The molecule has 1 aliphatic heterocycles. The summed E-state index contributed by atoms with van der Waals surface area (Å²) in [6, 6.07) is 10.6. The second-order valence-corrected chi connectivity index (χ2v) is 5.14. The van der Waals surface area contributed by atoms with E-state index in [-0.39, 0.29) is 30.0 Å². The summed E-state index contributed by atoms with van der Waals surface area (Å²) < 4.78 is 18.4. The number of fused-ring (bicyclic) bond motifs is 1. The molecule has 2 amide bonds. The van der Waals surface area contributed by atoms with Crippen molar-refractivity contribution in [3.8, 4) is 5.75 Å². The van der Waals surface area contributed by atoms with Crippen molar-refractivity contribution < 1.29 is 18.7 Å². The van der Waals surface area contributed by atoms with E-state index in [1.165, 1.54) is 18.2 Å². The van der Waals surface area contributed by atoms with Crippen LogP contribution < -0.4 is 4.74 Å². The van der Waals surface area contributed by atoms with Crippen molar-refractivity contribution in [1.82, 2.24) is 4.90 Å². The zero-order chi connectivity index (χ0) is 15.7. The van der Waals surface area contributed by atoms with Crippen LogP contribution in [0.25, 0.3) is 0 Å². The SMILES string of the molecule is O=C1c2ccccc2C(=O)N1CCOc1ccc(F)c(Cl)c1. The van der Waals surface area contributed by atoms with Crippen molar-refractivity contribution in [3.63, 3.8) is 0 Å². The topological polar surface area (TPSA) is 46.6 Å². The first-order chi connectivity index (χ1) is 10.6. The monoisotopic (exact) mass is 319 g/mol. The maximum Gasteiger partial charge on any atom is 0.261 e. The number of benzene rings is 2. The minimum Gasteiger partial charge on any atom is -0.492 e. The van der Waals surface area contributed by atoms with Gasteiger partial charge in [0.25, 0.3) is 11.8 Å². The molecule has 112 valence electrons. The molecule has 2 aromatic rings. The van der Waals surface area contributed by atoms with E-state index in [2.05, 4.69) is 0 Å². The Morgan fingerprint density at radius 1 is 1.05 bits per heavy atom. The minimum absolute atomic E-state index is 0.0433. The molecule has 0 radical (unpaired) electrons. The molecule has 0 saturated carbocycles. The Kier molecular flexibility index (Phi) is 3.81. The highest BCUT2D eigenvalue weighted by Gasteiger charge is 2.34. The van der Waals surface area contributed by atoms with Crippen LogP contribution in [0.5, 0.6) is 5.75 Å². The van der Waals surface area contributed by atoms with E-state index < -0.39 is 5.82 Å². The summed E-state index contributed by atoms with van der Waals surface area (Å²) in [6.07, 6.45) is 0. The standard InChI is InChI=1S/C16H11ClFNO3/c17-13-9-10(5-6-14(13)18)22-8-7-19-15(20)11-3-1-2-4-12(11)16(19)21/h1-6,9H,7-8H2. The second kappa shape index (κ2) is 5.77. The molecule has 3 rings (SSSR count). The maximum absolute atomic E-state index is 13.0. The number of imide groups is 1. The summed E-state index contributed by atoms with van der Waals surface area (Å²) in [4.78, 5) is 25.4. The van der Waals surface area contributed by atoms with Gasteiger partial charge in [-0.3, -0.25) is 14.5 Å². The molecule has 22 heavy (non-hydrogen) atoms. The van der Waals surface area contributed by atoms with Crippen LogP contribution in [0.3, 0.4) is 0 Å². The molecule has 0 atom stereocenters. The predicted molar refractivity (Wildman–Crippen MR) is 78.7 cm³/mol. The third kappa shape index (κ3) is 2.55. The largest absolute Gasteiger partial charge is 0.492 e. The fourth-order valence-electron chi connectivity index (χ4n) is 2.26.